The molecule has 2 heterocycles. The van der Waals surface area contributed by atoms with Crippen molar-refractivity contribution in [1.29, 1.82) is 0 Å². The summed E-state index contributed by atoms with van der Waals surface area (Å²) >= 11 is 0. The van der Waals surface area contributed by atoms with E-state index in [2.05, 4.69) is 15.5 Å². The summed E-state index contributed by atoms with van der Waals surface area (Å²) in [5, 5.41) is 6.85. The first-order chi connectivity index (χ1) is 13.1. The number of likely N-dealkylation sites (tertiary alicyclic amines) is 1. The summed E-state index contributed by atoms with van der Waals surface area (Å²) in [7, 11) is 0. The molecule has 1 N–H and O–H groups in total. The van der Waals surface area contributed by atoms with Gasteiger partial charge >= 0.3 is 6.03 Å². The van der Waals surface area contributed by atoms with Gasteiger partial charge < -0.3 is 14.7 Å². The number of halogens is 1. The van der Waals surface area contributed by atoms with E-state index in [0.717, 1.165) is 24.1 Å². The summed E-state index contributed by atoms with van der Waals surface area (Å²) in [6.45, 7) is 2.61. The molecule has 0 bridgehead atoms. The molecule has 0 spiro atoms. The molecule has 7 heteroatoms. The standard InChI is InChI=1S/C20H19FN4O2/c1-13-7-9-16(10-8-13)22-20(26)25-11-3-6-17(25)19-23-18(24-27-19)14-4-2-5-15(21)12-14/h2,4-5,7-10,12,17H,3,6,11H2,1H3,(H,22,26)/t17-/m1/s1. The van der Waals surface area contributed by atoms with Crippen molar-refractivity contribution in [1.82, 2.24) is 15.0 Å². The normalized spacial score (nSPS) is 16.5. The van der Waals surface area contributed by atoms with Gasteiger partial charge in [0.25, 0.3) is 0 Å². The van der Waals surface area contributed by atoms with Gasteiger partial charge in [0.15, 0.2) is 0 Å². The Hall–Kier alpha value is -3.22. The van der Waals surface area contributed by atoms with Gasteiger partial charge in [-0.2, -0.15) is 4.98 Å². The van der Waals surface area contributed by atoms with Crippen molar-refractivity contribution in [2.75, 3.05) is 11.9 Å². The number of nitrogens with one attached hydrogen (secondary N) is 1. The van der Waals surface area contributed by atoms with Crippen molar-refractivity contribution in [3.05, 3.63) is 65.8 Å². The number of hydrogen-bond acceptors (Lipinski definition) is 4. The Kier molecular flexibility index (Phi) is 4.58. The van der Waals surface area contributed by atoms with Gasteiger partial charge in [-0.25, -0.2) is 9.18 Å². The molecule has 0 saturated carbocycles. The minimum absolute atomic E-state index is 0.202. The molecule has 3 aromatic rings. The molecule has 1 aliphatic rings. The second-order valence-corrected chi connectivity index (χ2v) is 6.61. The molecule has 1 aromatic heterocycles. The largest absolute Gasteiger partial charge is 0.337 e. The number of nitrogens with zero attached hydrogens (tertiary/aromatic N) is 3. The molecule has 0 unspecified atom stereocenters. The molecule has 1 aliphatic heterocycles. The molecular formula is C20H19FN4O2. The third-order valence-corrected chi connectivity index (χ3v) is 4.63. The molecule has 138 valence electrons. The second kappa shape index (κ2) is 7.19. The maximum atomic E-state index is 13.4. The van der Waals surface area contributed by atoms with Gasteiger partial charge in [-0.05, 0) is 44.0 Å². The van der Waals surface area contributed by atoms with Crippen molar-refractivity contribution >= 4 is 11.7 Å². The first kappa shape index (κ1) is 17.2. The smallest absolute Gasteiger partial charge is 0.322 e. The topological polar surface area (TPSA) is 71.3 Å². The zero-order chi connectivity index (χ0) is 18.8. The van der Waals surface area contributed by atoms with E-state index in [1.54, 1.807) is 17.0 Å². The zero-order valence-corrected chi connectivity index (χ0v) is 14.9. The fraction of sp³-hybridized carbons (Fsp3) is 0.250. The van der Waals surface area contributed by atoms with Crippen LogP contribution >= 0.6 is 0 Å². The summed E-state index contributed by atoms with van der Waals surface area (Å²) in [6, 6.07) is 13.2. The highest BCUT2D eigenvalue weighted by Crippen LogP contribution is 2.32. The number of aryl methyl sites for hydroxylation is 1. The maximum absolute atomic E-state index is 13.4. The minimum atomic E-state index is -0.362. The Bertz CT molecular complexity index is 955. The van der Waals surface area contributed by atoms with Crippen molar-refractivity contribution in [3.8, 4) is 11.4 Å². The van der Waals surface area contributed by atoms with Gasteiger partial charge in [0.05, 0.1) is 0 Å². The average molecular weight is 366 g/mol. The lowest BCUT2D eigenvalue weighted by Crippen LogP contribution is -2.34. The van der Waals surface area contributed by atoms with Crippen LogP contribution in [0.5, 0.6) is 0 Å². The van der Waals surface area contributed by atoms with Crippen LogP contribution in [0.15, 0.2) is 53.1 Å². The van der Waals surface area contributed by atoms with Crippen LogP contribution in [0.2, 0.25) is 0 Å². The number of aromatic nitrogens is 2. The summed E-state index contributed by atoms with van der Waals surface area (Å²) in [5.41, 5.74) is 2.41. The van der Waals surface area contributed by atoms with Gasteiger partial charge in [0, 0.05) is 17.8 Å². The van der Waals surface area contributed by atoms with E-state index >= 15 is 0 Å². The van der Waals surface area contributed by atoms with E-state index in [9.17, 15) is 9.18 Å². The number of urea groups is 1. The first-order valence-electron chi connectivity index (χ1n) is 8.84. The average Bonchev–Trinajstić information content (AvgIpc) is 3.33. The molecule has 1 fully saturated rings. The highest BCUT2D eigenvalue weighted by molar-refractivity contribution is 5.89. The van der Waals surface area contributed by atoms with Crippen LogP contribution in [-0.4, -0.2) is 27.6 Å². The fourth-order valence-electron chi connectivity index (χ4n) is 3.21. The molecule has 0 radical (unpaired) electrons. The van der Waals surface area contributed by atoms with Crippen LogP contribution in [0.25, 0.3) is 11.4 Å². The van der Waals surface area contributed by atoms with Gasteiger partial charge in [0.2, 0.25) is 11.7 Å². The van der Waals surface area contributed by atoms with E-state index in [4.69, 9.17) is 4.52 Å². The van der Waals surface area contributed by atoms with E-state index < -0.39 is 0 Å². The molecule has 1 saturated heterocycles. The predicted octanol–water partition coefficient (Wildman–Crippen LogP) is 4.55. The number of benzene rings is 2. The molecule has 27 heavy (non-hydrogen) atoms. The minimum Gasteiger partial charge on any atom is -0.337 e. The predicted molar refractivity (Wildman–Crippen MR) is 98.6 cm³/mol. The zero-order valence-electron chi connectivity index (χ0n) is 14.9. The van der Waals surface area contributed by atoms with Crippen molar-refractivity contribution in [2.24, 2.45) is 0 Å². The third-order valence-electron chi connectivity index (χ3n) is 4.63. The highest BCUT2D eigenvalue weighted by atomic mass is 19.1. The molecule has 2 amide bonds. The van der Waals surface area contributed by atoms with Crippen LogP contribution in [0.1, 0.15) is 30.3 Å². The Morgan fingerprint density at radius 2 is 2.07 bits per heavy atom. The summed E-state index contributed by atoms with van der Waals surface area (Å²) in [5.74, 6) is 0.319. The summed E-state index contributed by atoms with van der Waals surface area (Å²) in [4.78, 5) is 18.8. The second-order valence-electron chi connectivity index (χ2n) is 6.61. The fourth-order valence-corrected chi connectivity index (χ4v) is 3.21. The van der Waals surface area contributed by atoms with Crippen molar-refractivity contribution in [3.63, 3.8) is 0 Å². The van der Waals surface area contributed by atoms with Crippen LogP contribution < -0.4 is 5.32 Å². The SMILES string of the molecule is Cc1ccc(NC(=O)N2CCC[C@@H]2c2nc(-c3cccc(F)c3)no2)cc1. The Morgan fingerprint density at radius 1 is 1.26 bits per heavy atom. The Balaban J connectivity index is 1.51. The number of rotatable bonds is 3. The van der Waals surface area contributed by atoms with E-state index in [0.29, 0.717) is 23.8 Å². The Morgan fingerprint density at radius 3 is 2.85 bits per heavy atom. The lowest BCUT2D eigenvalue weighted by atomic mass is 10.2. The monoisotopic (exact) mass is 366 g/mol. The van der Waals surface area contributed by atoms with Gasteiger partial charge in [0.1, 0.15) is 11.9 Å². The quantitative estimate of drug-likeness (QED) is 0.738. The van der Waals surface area contributed by atoms with Crippen LogP contribution in [0.4, 0.5) is 14.9 Å². The number of anilines is 1. The maximum Gasteiger partial charge on any atom is 0.322 e. The molecule has 2 aromatic carbocycles. The van der Waals surface area contributed by atoms with Gasteiger partial charge in [-0.3, -0.25) is 0 Å². The van der Waals surface area contributed by atoms with Gasteiger partial charge in [-0.15, -0.1) is 0 Å². The molecule has 4 rings (SSSR count). The van der Waals surface area contributed by atoms with Crippen LogP contribution in [-0.2, 0) is 0 Å². The van der Waals surface area contributed by atoms with Gasteiger partial charge in [-0.1, -0.05) is 35.0 Å². The lowest BCUT2D eigenvalue weighted by molar-refractivity contribution is 0.193. The number of carbonyl (C=O) groups excluding carboxylic acids is 1. The number of amides is 2. The lowest BCUT2D eigenvalue weighted by Gasteiger charge is -2.22. The molecule has 6 nitrogen and oxygen atoms in total. The van der Waals surface area contributed by atoms with Crippen molar-refractivity contribution in [2.45, 2.75) is 25.8 Å². The number of hydrogen-bond donors (Lipinski definition) is 1. The number of carbonyl (C=O) groups is 1. The van der Waals surface area contributed by atoms with Crippen LogP contribution in [0, 0.1) is 12.7 Å². The summed E-state index contributed by atoms with van der Waals surface area (Å²) < 4.78 is 18.8. The first-order valence-corrected chi connectivity index (χ1v) is 8.84. The summed E-state index contributed by atoms with van der Waals surface area (Å²) in [6.07, 6.45) is 1.59. The molecule has 0 aliphatic carbocycles. The Labute approximate surface area is 156 Å². The van der Waals surface area contributed by atoms with Crippen LogP contribution in [0.3, 0.4) is 0 Å². The third kappa shape index (κ3) is 3.67. The van der Waals surface area contributed by atoms with Crippen molar-refractivity contribution < 1.29 is 13.7 Å². The molecule has 1 atom stereocenters. The highest BCUT2D eigenvalue weighted by Gasteiger charge is 2.34. The van der Waals surface area contributed by atoms with E-state index in [1.165, 1.54) is 12.1 Å². The molecular weight excluding hydrogens is 347 g/mol. The van der Waals surface area contributed by atoms with E-state index in [1.807, 2.05) is 31.2 Å². The van der Waals surface area contributed by atoms with E-state index in [-0.39, 0.29) is 17.9 Å².